The van der Waals surface area contributed by atoms with E-state index >= 15 is 0 Å². The molecule has 1 aromatic rings. The van der Waals surface area contributed by atoms with Gasteiger partial charge in [0.25, 0.3) is 0 Å². The number of hydrogen-bond acceptors (Lipinski definition) is 3. The number of para-hydroxylation sites is 1. The minimum absolute atomic E-state index is 0.126. The molecule has 1 aromatic carbocycles. The Bertz CT molecular complexity index is 605. The molecular formula is C17H23N5O. The number of piperidine rings is 1. The average molecular weight is 313 g/mol. The molecule has 0 aliphatic carbocycles. The van der Waals surface area contributed by atoms with Crippen molar-refractivity contribution in [3.05, 3.63) is 40.3 Å². The first-order valence-corrected chi connectivity index (χ1v) is 8.39. The Hall–Kier alpha value is -2.04. The molecule has 2 fully saturated rings. The fraction of sp³-hybridized carbons (Fsp3) is 0.588. The molecule has 1 atom stereocenters. The zero-order valence-electron chi connectivity index (χ0n) is 13.4. The number of amides is 1. The van der Waals surface area contributed by atoms with E-state index in [1.54, 1.807) is 0 Å². The quantitative estimate of drug-likeness (QED) is 0.475. The summed E-state index contributed by atoms with van der Waals surface area (Å²) < 4.78 is 0. The van der Waals surface area contributed by atoms with Crippen molar-refractivity contribution in [3.8, 4) is 0 Å². The molecule has 2 aliphatic heterocycles. The number of benzene rings is 1. The Morgan fingerprint density at radius 3 is 2.78 bits per heavy atom. The molecule has 1 unspecified atom stereocenters. The van der Waals surface area contributed by atoms with Crippen molar-refractivity contribution in [1.29, 1.82) is 0 Å². The highest BCUT2D eigenvalue weighted by Crippen LogP contribution is 2.29. The molecule has 0 radical (unpaired) electrons. The number of anilines is 1. The third-order valence-electron chi connectivity index (χ3n) is 4.73. The van der Waals surface area contributed by atoms with E-state index in [0.717, 1.165) is 25.3 Å². The normalized spacial score (nSPS) is 22.2. The number of nitrogens with zero attached hydrogens (tertiary/aromatic N) is 5. The first-order chi connectivity index (χ1) is 11.3. The van der Waals surface area contributed by atoms with Gasteiger partial charge in [-0.1, -0.05) is 29.7 Å². The molecule has 23 heavy (non-hydrogen) atoms. The predicted octanol–water partition coefficient (Wildman–Crippen LogP) is 3.34. The van der Waals surface area contributed by atoms with Gasteiger partial charge in [-0.25, -0.2) is 0 Å². The number of hydrogen-bond donors (Lipinski definition) is 0. The topological polar surface area (TPSA) is 72.3 Å². The number of carbonyl (C=O) groups is 1. The molecule has 2 heterocycles. The van der Waals surface area contributed by atoms with Crippen LogP contribution in [0.15, 0.2) is 29.4 Å². The van der Waals surface area contributed by atoms with Gasteiger partial charge in [-0.05, 0) is 49.0 Å². The third-order valence-corrected chi connectivity index (χ3v) is 4.73. The van der Waals surface area contributed by atoms with Crippen LogP contribution >= 0.6 is 0 Å². The molecule has 122 valence electrons. The molecule has 1 amide bonds. The van der Waals surface area contributed by atoms with E-state index in [2.05, 4.69) is 21.0 Å². The fourth-order valence-corrected chi connectivity index (χ4v) is 3.55. The van der Waals surface area contributed by atoms with E-state index < -0.39 is 0 Å². The van der Waals surface area contributed by atoms with E-state index in [0.29, 0.717) is 19.5 Å². The monoisotopic (exact) mass is 313 g/mol. The van der Waals surface area contributed by atoms with Crippen molar-refractivity contribution < 1.29 is 4.79 Å². The van der Waals surface area contributed by atoms with Crippen molar-refractivity contribution in [1.82, 2.24) is 4.90 Å². The molecule has 0 aromatic heterocycles. The summed E-state index contributed by atoms with van der Waals surface area (Å²) in [5.41, 5.74) is 10.7. The standard InChI is InChI=1S/C17H23N5O/c18-20-19-11-14-10-17(23)22(12-14)16-7-3-2-6-15(16)13-21-8-4-1-5-9-21/h2-3,6-7,14H,1,4-5,8-13H2. The van der Waals surface area contributed by atoms with Crippen LogP contribution < -0.4 is 4.90 Å². The summed E-state index contributed by atoms with van der Waals surface area (Å²) in [6.45, 7) is 4.23. The first kappa shape index (κ1) is 15.8. The summed E-state index contributed by atoms with van der Waals surface area (Å²) >= 11 is 0. The van der Waals surface area contributed by atoms with Gasteiger partial charge in [-0.2, -0.15) is 0 Å². The maximum absolute atomic E-state index is 12.4. The van der Waals surface area contributed by atoms with E-state index in [1.807, 2.05) is 23.1 Å². The molecule has 6 heteroatoms. The minimum Gasteiger partial charge on any atom is -0.312 e. The van der Waals surface area contributed by atoms with Gasteiger partial charge >= 0.3 is 0 Å². The van der Waals surface area contributed by atoms with Crippen LogP contribution in [0, 0.1) is 5.92 Å². The van der Waals surface area contributed by atoms with E-state index in [4.69, 9.17) is 5.53 Å². The number of rotatable bonds is 5. The molecule has 0 bridgehead atoms. The second kappa shape index (κ2) is 7.49. The second-order valence-corrected chi connectivity index (χ2v) is 6.45. The molecule has 3 rings (SSSR count). The second-order valence-electron chi connectivity index (χ2n) is 6.45. The van der Waals surface area contributed by atoms with Gasteiger partial charge in [0.05, 0.1) is 0 Å². The largest absolute Gasteiger partial charge is 0.312 e. The van der Waals surface area contributed by atoms with Gasteiger partial charge in [0, 0.05) is 36.7 Å². The summed E-state index contributed by atoms with van der Waals surface area (Å²) in [6.07, 6.45) is 4.32. The lowest BCUT2D eigenvalue weighted by Gasteiger charge is -2.28. The molecule has 6 nitrogen and oxygen atoms in total. The highest BCUT2D eigenvalue weighted by Gasteiger charge is 2.31. The van der Waals surface area contributed by atoms with Gasteiger partial charge in [-0.15, -0.1) is 0 Å². The van der Waals surface area contributed by atoms with Gasteiger partial charge in [0.2, 0.25) is 5.91 Å². The van der Waals surface area contributed by atoms with E-state index in [1.165, 1.54) is 24.8 Å². The van der Waals surface area contributed by atoms with Crippen LogP contribution in [-0.4, -0.2) is 37.0 Å². The highest BCUT2D eigenvalue weighted by atomic mass is 16.2. The van der Waals surface area contributed by atoms with Crippen molar-refractivity contribution in [2.45, 2.75) is 32.2 Å². The Labute approximate surface area is 136 Å². The zero-order chi connectivity index (χ0) is 16.1. The van der Waals surface area contributed by atoms with Gasteiger partial charge < -0.3 is 4.90 Å². The summed E-state index contributed by atoms with van der Waals surface area (Å²) in [5.74, 6) is 0.260. The molecule has 0 spiro atoms. The van der Waals surface area contributed by atoms with Gasteiger partial charge in [0.15, 0.2) is 0 Å². The van der Waals surface area contributed by atoms with Crippen LogP contribution in [0.2, 0.25) is 0 Å². The molecule has 0 saturated carbocycles. The molecular weight excluding hydrogens is 290 g/mol. The van der Waals surface area contributed by atoms with Crippen LogP contribution in [0.4, 0.5) is 5.69 Å². The Morgan fingerprint density at radius 2 is 2.00 bits per heavy atom. The summed E-state index contributed by atoms with van der Waals surface area (Å²) in [4.78, 5) is 19.5. The fourth-order valence-electron chi connectivity index (χ4n) is 3.55. The van der Waals surface area contributed by atoms with Crippen LogP contribution in [0.1, 0.15) is 31.2 Å². The Balaban J connectivity index is 1.74. The maximum Gasteiger partial charge on any atom is 0.227 e. The summed E-state index contributed by atoms with van der Waals surface area (Å²) in [5, 5.41) is 3.63. The minimum atomic E-state index is 0.126. The third kappa shape index (κ3) is 3.84. The first-order valence-electron chi connectivity index (χ1n) is 8.39. The molecule has 2 saturated heterocycles. The maximum atomic E-state index is 12.4. The van der Waals surface area contributed by atoms with Crippen molar-refractivity contribution in [2.75, 3.05) is 31.1 Å². The van der Waals surface area contributed by atoms with Crippen molar-refractivity contribution >= 4 is 11.6 Å². The van der Waals surface area contributed by atoms with Gasteiger partial charge in [-0.3, -0.25) is 9.69 Å². The lowest BCUT2D eigenvalue weighted by molar-refractivity contribution is -0.117. The zero-order valence-corrected chi connectivity index (χ0v) is 13.4. The summed E-state index contributed by atoms with van der Waals surface area (Å²) in [7, 11) is 0. The molecule has 2 aliphatic rings. The lowest BCUT2D eigenvalue weighted by Crippen LogP contribution is -2.31. The average Bonchev–Trinajstić information content (AvgIpc) is 2.95. The van der Waals surface area contributed by atoms with Crippen LogP contribution in [0.25, 0.3) is 10.4 Å². The SMILES string of the molecule is [N-]=[N+]=NCC1CC(=O)N(c2ccccc2CN2CCCCC2)C1. The predicted molar refractivity (Wildman–Crippen MR) is 90.0 cm³/mol. The van der Waals surface area contributed by atoms with Gasteiger partial charge in [0.1, 0.15) is 0 Å². The summed E-state index contributed by atoms with van der Waals surface area (Å²) in [6, 6.07) is 8.19. The van der Waals surface area contributed by atoms with Crippen LogP contribution in [0.3, 0.4) is 0 Å². The molecule has 0 N–H and O–H groups in total. The number of carbonyl (C=O) groups excluding carboxylic acids is 1. The Morgan fingerprint density at radius 1 is 1.22 bits per heavy atom. The van der Waals surface area contributed by atoms with Crippen molar-refractivity contribution in [3.63, 3.8) is 0 Å². The Kier molecular flexibility index (Phi) is 5.16. The number of likely N-dealkylation sites (tertiary alicyclic amines) is 1. The van der Waals surface area contributed by atoms with E-state index in [9.17, 15) is 4.79 Å². The van der Waals surface area contributed by atoms with Crippen LogP contribution in [-0.2, 0) is 11.3 Å². The van der Waals surface area contributed by atoms with Crippen LogP contribution in [0.5, 0.6) is 0 Å². The van der Waals surface area contributed by atoms with E-state index in [-0.39, 0.29) is 11.8 Å². The van der Waals surface area contributed by atoms with Crippen molar-refractivity contribution in [2.24, 2.45) is 11.0 Å². The highest BCUT2D eigenvalue weighted by molar-refractivity contribution is 5.96. The smallest absolute Gasteiger partial charge is 0.227 e. The lowest BCUT2D eigenvalue weighted by atomic mass is 10.1. The number of azide groups is 1.